The largest absolute Gasteiger partial charge is 0.352 e. The number of carbonyl (C=O) groups is 1. The van der Waals surface area contributed by atoms with E-state index >= 15 is 0 Å². The molecule has 1 amide bonds. The molecule has 1 aromatic rings. The lowest BCUT2D eigenvalue weighted by Crippen LogP contribution is -2.24. The van der Waals surface area contributed by atoms with Gasteiger partial charge in [-0.2, -0.15) is 0 Å². The second kappa shape index (κ2) is 6.10. The molecule has 0 aromatic heterocycles. The lowest BCUT2D eigenvalue weighted by atomic mass is 10.1. The fraction of sp³-hybridized carbons (Fsp3) is 0.417. The zero-order valence-corrected chi connectivity index (χ0v) is 11.3. The molecule has 0 saturated heterocycles. The van der Waals surface area contributed by atoms with Crippen molar-refractivity contribution >= 4 is 28.5 Å². The van der Waals surface area contributed by atoms with Crippen molar-refractivity contribution < 1.29 is 4.79 Å². The van der Waals surface area contributed by atoms with Crippen molar-refractivity contribution in [3.8, 4) is 0 Å². The van der Waals surface area contributed by atoms with Gasteiger partial charge in [-0.25, -0.2) is 0 Å². The fourth-order valence-corrected chi connectivity index (χ4v) is 1.63. The lowest BCUT2D eigenvalue weighted by Gasteiger charge is -2.06. The van der Waals surface area contributed by atoms with E-state index in [-0.39, 0.29) is 5.91 Å². The predicted molar refractivity (Wildman–Crippen MR) is 71.8 cm³/mol. The molecule has 3 heteroatoms. The molecular weight excluding hydrogens is 301 g/mol. The minimum Gasteiger partial charge on any atom is -0.352 e. The maximum absolute atomic E-state index is 11.7. The minimum absolute atomic E-state index is 0.0305. The van der Waals surface area contributed by atoms with Gasteiger partial charge < -0.3 is 5.32 Å². The molecule has 0 spiro atoms. The SMILES string of the molecule is Cc1ccc(C(=O)NCCCI)cc1C. The van der Waals surface area contributed by atoms with Gasteiger partial charge in [-0.3, -0.25) is 4.79 Å². The second-order valence-corrected chi connectivity index (χ2v) is 4.68. The zero-order valence-electron chi connectivity index (χ0n) is 9.14. The zero-order chi connectivity index (χ0) is 11.3. The lowest BCUT2D eigenvalue weighted by molar-refractivity contribution is 0.0954. The summed E-state index contributed by atoms with van der Waals surface area (Å²) in [6.45, 7) is 4.83. The number of amides is 1. The highest BCUT2D eigenvalue weighted by atomic mass is 127. The number of rotatable bonds is 4. The van der Waals surface area contributed by atoms with E-state index in [1.807, 2.05) is 32.0 Å². The van der Waals surface area contributed by atoms with Crippen LogP contribution in [0.4, 0.5) is 0 Å². The number of hydrogen-bond acceptors (Lipinski definition) is 1. The first-order chi connectivity index (χ1) is 7.15. The van der Waals surface area contributed by atoms with Gasteiger partial charge in [0, 0.05) is 16.5 Å². The third-order valence-electron chi connectivity index (χ3n) is 2.37. The van der Waals surface area contributed by atoms with E-state index in [0.29, 0.717) is 0 Å². The molecular formula is C12H16INO. The Bertz CT molecular complexity index is 349. The third kappa shape index (κ3) is 3.81. The normalized spacial score (nSPS) is 10.1. The summed E-state index contributed by atoms with van der Waals surface area (Å²) >= 11 is 2.31. The van der Waals surface area contributed by atoms with Crippen LogP contribution in [0.25, 0.3) is 0 Å². The summed E-state index contributed by atoms with van der Waals surface area (Å²) < 4.78 is 1.07. The van der Waals surface area contributed by atoms with Crippen molar-refractivity contribution in [2.24, 2.45) is 0 Å². The standard InChI is InChI=1S/C12H16INO/c1-9-4-5-11(8-10(9)2)12(15)14-7-3-6-13/h4-5,8H,3,6-7H2,1-2H3,(H,14,15). The first kappa shape index (κ1) is 12.5. The Hall–Kier alpha value is -0.580. The van der Waals surface area contributed by atoms with Gasteiger partial charge >= 0.3 is 0 Å². The van der Waals surface area contributed by atoms with E-state index in [2.05, 4.69) is 27.9 Å². The van der Waals surface area contributed by atoms with Crippen LogP contribution < -0.4 is 5.32 Å². The summed E-state index contributed by atoms with van der Waals surface area (Å²) in [5.74, 6) is 0.0305. The van der Waals surface area contributed by atoms with Crippen LogP contribution in [0.15, 0.2) is 18.2 Å². The van der Waals surface area contributed by atoms with Crippen LogP contribution in [0.1, 0.15) is 27.9 Å². The fourth-order valence-electron chi connectivity index (χ4n) is 1.25. The van der Waals surface area contributed by atoms with Crippen LogP contribution in [-0.4, -0.2) is 16.9 Å². The van der Waals surface area contributed by atoms with Crippen LogP contribution >= 0.6 is 22.6 Å². The Morgan fingerprint density at radius 1 is 1.33 bits per heavy atom. The van der Waals surface area contributed by atoms with Crippen molar-refractivity contribution in [3.05, 3.63) is 34.9 Å². The molecule has 0 aliphatic rings. The molecule has 0 fully saturated rings. The quantitative estimate of drug-likeness (QED) is 0.516. The molecule has 0 heterocycles. The van der Waals surface area contributed by atoms with E-state index in [0.717, 1.165) is 28.5 Å². The molecule has 1 aromatic carbocycles. The number of nitrogens with one attached hydrogen (secondary N) is 1. The average Bonchev–Trinajstić information content (AvgIpc) is 2.22. The minimum atomic E-state index is 0.0305. The Morgan fingerprint density at radius 3 is 2.67 bits per heavy atom. The summed E-state index contributed by atoms with van der Waals surface area (Å²) in [6.07, 6.45) is 1.02. The van der Waals surface area contributed by atoms with Gasteiger partial charge in [0.05, 0.1) is 0 Å². The third-order valence-corrected chi connectivity index (χ3v) is 3.13. The van der Waals surface area contributed by atoms with Crippen molar-refractivity contribution in [3.63, 3.8) is 0 Å². The molecule has 0 atom stereocenters. The van der Waals surface area contributed by atoms with Crippen LogP contribution in [0.5, 0.6) is 0 Å². The van der Waals surface area contributed by atoms with Crippen LogP contribution in [0.3, 0.4) is 0 Å². The van der Waals surface area contributed by atoms with E-state index in [1.165, 1.54) is 5.56 Å². The van der Waals surface area contributed by atoms with Crippen molar-refractivity contribution in [2.75, 3.05) is 11.0 Å². The molecule has 0 radical (unpaired) electrons. The number of aryl methyl sites for hydroxylation is 2. The van der Waals surface area contributed by atoms with Crippen molar-refractivity contribution in [1.29, 1.82) is 0 Å². The van der Waals surface area contributed by atoms with Gasteiger partial charge in [0.2, 0.25) is 0 Å². The molecule has 0 aliphatic carbocycles. The van der Waals surface area contributed by atoms with E-state index in [4.69, 9.17) is 0 Å². The summed E-state index contributed by atoms with van der Waals surface area (Å²) in [5, 5.41) is 2.90. The van der Waals surface area contributed by atoms with E-state index < -0.39 is 0 Å². The summed E-state index contributed by atoms with van der Waals surface area (Å²) in [5.41, 5.74) is 3.14. The first-order valence-electron chi connectivity index (χ1n) is 5.06. The van der Waals surface area contributed by atoms with Gasteiger partial charge in [-0.15, -0.1) is 0 Å². The molecule has 0 aliphatic heterocycles. The molecule has 1 N–H and O–H groups in total. The number of benzene rings is 1. The average molecular weight is 317 g/mol. The second-order valence-electron chi connectivity index (χ2n) is 3.60. The molecule has 0 bridgehead atoms. The predicted octanol–water partition coefficient (Wildman–Crippen LogP) is 2.86. The number of alkyl halides is 1. The Balaban J connectivity index is 2.62. The van der Waals surface area contributed by atoms with Crippen LogP contribution in [-0.2, 0) is 0 Å². The number of halogens is 1. The maximum atomic E-state index is 11.7. The van der Waals surface area contributed by atoms with Gasteiger partial charge in [0.25, 0.3) is 5.91 Å². The van der Waals surface area contributed by atoms with Gasteiger partial charge in [0.15, 0.2) is 0 Å². The molecule has 1 rings (SSSR count). The monoisotopic (exact) mass is 317 g/mol. The smallest absolute Gasteiger partial charge is 0.251 e. The first-order valence-corrected chi connectivity index (χ1v) is 6.59. The Kier molecular flexibility index (Phi) is 5.08. The molecule has 82 valence electrons. The van der Waals surface area contributed by atoms with Crippen molar-refractivity contribution in [2.45, 2.75) is 20.3 Å². The highest BCUT2D eigenvalue weighted by molar-refractivity contribution is 14.1. The van der Waals surface area contributed by atoms with Gasteiger partial charge in [-0.1, -0.05) is 28.7 Å². The maximum Gasteiger partial charge on any atom is 0.251 e. The van der Waals surface area contributed by atoms with E-state index in [1.54, 1.807) is 0 Å². The number of hydrogen-bond donors (Lipinski definition) is 1. The molecule has 0 unspecified atom stereocenters. The summed E-state index contributed by atoms with van der Waals surface area (Å²) in [7, 11) is 0. The van der Waals surface area contributed by atoms with Crippen LogP contribution in [0.2, 0.25) is 0 Å². The molecule has 0 saturated carbocycles. The summed E-state index contributed by atoms with van der Waals surface area (Å²) in [6, 6.07) is 5.80. The summed E-state index contributed by atoms with van der Waals surface area (Å²) in [4.78, 5) is 11.7. The highest BCUT2D eigenvalue weighted by Crippen LogP contribution is 2.09. The van der Waals surface area contributed by atoms with Crippen LogP contribution in [0, 0.1) is 13.8 Å². The van der Waals surface area contributed by atoms with Gasteiger partial charge in [0.1, 0.15) is 0 Å². The Labute approximate surface area is 105 Å². The Morgan fingerprint density at radius 2 is 2.07 bits per heavy atom. The number of carbonyl (C=O) groups excluding carboxylic acids is 1. The van der Waals surface area contributed by atoms with E-state index in [9.17, 15) is 4.79 Å². The molecule has 2 nitrogen and oxygen atoms in total. The molecule has 15 heavy (non-hydrogen) atoms. The van der Waals surface area contributed by atoms with Gasteiger partial charge in [-0.05, 0) is 43.5 Å². The topological polar surface area (TPSA) is 29.1 Å². The van der Waals surface area contributed by atoms with Crippen molar-refractivity contribution in [1.82, 2.24) is 5.32 Å². The highest BCUT2D eigenvalue weighted by Gasteiger charge is 2.05.